The van der Waals surface area contributed by atoms with Crippen LogP contribution in [0, 0.1) is 0 Å². The molecule has 0 fully saturated rings. The molecular formula is C91H150O17P2. The number of aliphatic hydroxyl groups is 1. The van der Waals surface area contributed by atoms with Gasteiger partial charge in [0, 0.05) is 25.7 Å². The van der Waals surface area contributed by atoms with Crippen molar-refractivity contribution in [3.05, 3.63) is 170 Å². The Morgan fingerprint density at radius 3 is 0.836 bits per heavy atom. The fourth-order valence-electron chi connectivity index (χ4n) is 10.8. The fraction of sp³-hybridized carbons (Fsp3) is 0.648. The van der Waals surface area contributed by atoms with E-state index in [1.165, 1.54) is 83.5 Å². The Morgan fingerprint density at radius 2 is 0.500 bits per heavy atom. The summed E-state index contributed by atoms with van der Waals surface area (Å²) in [5.41, 5.74) is 0. The quantitative estimate of drug-likeness (QED) is 0.0169. The molecule has 0 aliphatic rings. The summed E-state index contributed by atoms with van der Waals surface area (Å²) in [5, 5.41) is 10.7. The van der Waals surface area contributed by atoms with E-state index in [0.29, 0.717) is 38.5 Å². The van der Waals surface area contributed by atoms with Gasteiger partial charge in [-0.05, 0) is 141 Å². The summed E-state index contributed by atoms with van der Waals surface area (Å²) in [6, 6.07) is 0. The number of esters is 4. The molecule has 0 saturated carbocycles. The standard InChI is InChI=1S/C91H150O17P2/c1-5-9-13-17-21-25-29-33-37-40-42-45-48-51-55-59-63-67-71-75-88(93)101-81-86(107-90(95)77-73-69-65-61-57-53-47-36-32-28-24-20-16-12-8-4)83-105-109(97,98)103-79-85(92)80-104-110(99,100)106-84-87(108-91(96)78-74-70-66-62-58-54-50-44-39-35-31-27-23-19-15-11-7-3)82-102-89(94)76-72-68-64-60-56-52-49-46-43-41-38-34-30-26-22-18-14-10-6-2/h10-11,14-15,21-23,25-27,33-35,37-39,42-43,45-46,50,52,54,56,62,64,66,68,85-87,92H,5-9,12-13,16-20,24,28-32,36,40-41,44,47-49,51,53,55,57-61,63,65,67,69-84H2,1-4H3,(H,97,98)(H,99,100)/b14-10-,15-11-,25-21-,26-22-,27-23-,37-33-,38-34-,39-35-,45-42-,46-43-,54-50-,56-52-,66-62-,68-64-. The highest BCUT2D eigenvalue weighted by molar-refractivity contribution is 7.47. The molecule has 0 aromatic carbocycles. The molecular weight excluding hydrogens is 1430 g/mol. The second kappa shape index (κ2) is 81.4. The van der Waals surface area contributed by atoms with Crippen LogP contribution in [0.25, 0.3) is 0 Å². The average Bonchev–Trinajstić information content (AvgIpc) is 0.906. The molecule has 17 nitrogen and oxygen atoms in total. The highest BCUT2D eigenvalue weighted by atomic mass is 31.2. The van der Waals surface area contributed by atoms with Crippen molar-refractivity contribution in [3.8, 4) is 0 Å². The highest BCUT2D eigenvalue weighted by Gasteiger charge is 2.30. The Bertz CT molecular complexity index is 2750. The number of hydrogen-bond acceptors (Lipinski definition) is 15. The molecule has 0 aromatic heterocycles. The second-order valence-corrected chi connectivity index (χ2v) is 30.6. The van der Waals surface area contributed by atoms with E-state index in [4.69, 9.17) is 37.0 Å². The maximum absolute atomic E-state index is 13.1. The summed E-state index contributed by atoms with van der Waals surface area (Å²) in [5.74, 6) is -2.36. The monoisotopic (exact) mass is 1580 g/mol. The van der Waals surface area contributed by atoms with E-state index < -0.39 is 97.5 Å². The van der Waals surface area contributed by atoms with Gasteiger partial charge in [-0.2, -0.15) is 0 Å². The van der Waals surface area contributed by atoms with Gasteiger partial charge in [0.15, 0.2) is 12.2 Å². The molecule has 0 amide bonds. The Morgan fingerprint density at radius 1 is 0.264 bits per heavy atom. The Balaban J connectivity index is 5.50. The first-order valence-corrected chi connectivity index (χ1v) is 45.4. The van der Waals surface area contributed by atoms with Crippen molar-refractivity contribution in [3.63, 3.8) is 0 Å². The molecule has 0 bridgehead atoms. The van der Waals surface area contributed by atoms with Crippen molar-refractivity contribution in [2.24, 2.45) is 0 Å². The van der Waals surface area contributed by atoms with Crippen LogP contribution in [0.1, 0.15) is 323 Å². The molecule has 0 saturated heterocycles. The SMILES string of the molecule is CC/C=C\C/C=C\C/C=C\C/C=C\C/C=C\C/C=C\CCC(=O)OCC(COP(=O)(O)OCC(O)COP(=O)(O)OCC(COC(=O)CCCCCCCC/C=C\C/C=C\C/C=C\CCCCC)OC(=O)CCCCCCCCCCCCCCCCC)OC(=O)CCC/C=C\C/C=C\C/C=C\C/C=C\C/C=C\CC. The number of phosphoric acid groups is 2. The van der Waals surface area contributed by atoms with Crippen LogP contribution in [0.15, 0.2) is 170 Å². The van der Waals surface area contributed by atoms with Gasteiger partial charge in [0.25, 0.3) is 0 Å². The predicted octanol–water partition coefficient (Wildman–Crippen LogP) is 25.3. The van der Waals surface area contributed by atoms with Crippen LogP contribution < -0.4 is 0 Å². The Hall–Kier alpha value is -5.58. The minimum absolute atomic E-state index is 0.00519. The lowest BCUT2D eigenvalue weighted by Gasteiger charge is -2.21. The molecule has 5 atom stereocenters. The van der Waals surface area contributed by atoms with Gasteiger partial charge in [0.1, 0.15) is 19.3 Å². The number of carbonyl (C=O) groups is 4. The molecule has 19 heteroatoms. The first-order chi connectivity index (χ1) is 53.7. The molecule has 626 valence electrons. The number of phosphoric ester groups is 2. The van der Waals surface area contributed by atoms with Crippen molar-refractivity contribution >= 4 is 39.5 Å². The van der Waals surface area contributed by atoms with E-state index in [-0.39, 0.29) is 25.7 Å². The van der Waals surface area contributed by atoms with Gasteiger partial charge in [-0.15, -0.1) is 0 Å². The van der Waals surface area contributed by atoms with Crippen molar-refractivity contribution in [2.75, 3.05) is 39.6 Å². The molecule has 0 spiro atoms. The third-order valence-corrected chi connectivity index (χ3v) is 19.1. The van der Waals surface area contributed by atoms with Gasteiger partial charge in [-0.25, -0.2) is 9.13 Å². The van der Waals surface area contributed by atoms with E-state index in [1.807, 2.05) is 30.4 Å². The van der Waals surface area contributed by atoms with Crippen LogP contribution in [-0.2, 0) is 65.4 Å². The van der Waals surface area contributed by atoms with Crippen molar-refractivity contribution in [1.29, 1.82) is 0 Å². The fourth-order valence-corrected chi connectivity index (χ4v) is 12.4. The molecule has 0 aliphatic heterocycles. The highest BCUT2D eigenvalue weighted by Crippen LogP contribution is 2.45. The first kappa shape index (κ1) is 104. The van der Waals surface area contributed by atoms with Gasteiger partial charge in [0.2, 0.25) is 0 Å². The molecule has 0 rings (SSSR count). The summed E-state index contributed by atoms with van der Waals surface area (Å²) in [7, 11) is -10.0. The molecule has 3 N–H and O–H groups in total. The van der Waals surface area contributed by atoms with E-state index in [9.17, 15) is 43.2 Å². The lowest BCUT2D eigenvalue weighted by Crippen LogP contribution is -2.30. The number of aliphatic hydroxyl groups excluding tert-OH is 1. The second-order valence-electron chi connectivity index (χ2n) is 27.7. The number of allylic oxidation sites excluding steroid dienone is 28. The maximum Gasteiger partial charge on any atom is 0.472 e. The summed E-state index contributed by atoms with van der Waals surface area (Å²) < 4.78 is 68.6. The van der Waals surface area contributed by atoms with Crippen molar-refractivity contribution < 1.29 is 80.2 Å². The van der Waals surface area contributed by atoms with Gasteiger partial charge < -0.3 is 33.8 Å². The third kappa shape index (κ3) is 80.5. The van der Waals surface area contributed by atoms with Crippen molar-refractivity contribution in [1.82, 2.24) is 0 Å². The van der Waals surface area contributed by atoms with E-state index in [2.05, 4.69) is 167 Å². The predicted molar refractivity (Wildman–Crippen MR) is 454 cm³/mol. The Kier molecular flexibility index (Phi) is 77.3. The van der Waals surface area contributed by atoms with Crippen LogP contribution in [0.3, 0.4) is 0 Å². The number of ether oxygens (including phenoxy) is 4. The zero-order valence-corrected chi connectivity index (χ0v) is 70.4. The smallest absolute Gasteiger partial charge is 0.462 e. The Labute approximate surface area is 667 Å². The summed E-state index contributed by atoms with van der Waals surface area (Å²) in [4.78, 5) is 73.2. The summed E-state index contributed by atoms with van der Waals surface area (Å²) >= 11 is 0. The number of unbranched alkanes of at least 4 members (excludes halogenated alkanes) is 24. The molecule has 0 radical (unpaired) electrons. The number of carbonyl (C=O) groups excluding carboxylic acids is 4. The van der Waals surface area contributed by atoms with Crippen LogP contribution in [0.5, 0.6) is 0 Å². The molecule has 0 heterocycles. The van der Waals surface area contributed by atoms with E-state index >= 15 is 0 Å². The largest absolute Gasteiger partial charge is 0.472 e. The minimum atomic E-state index is -5.02. The van der Waals surface area contributed by atoms with Gasteiger partial charge in [-0.1, -0.05) is 326 Å². The lowest BCUT2D eigenvalue weighted by molar-refractivity contribution is -0.161. The van der Waals surface area contributed by atoms with E-state index in [0.717, 1.165) is 148 Å². The van der Waals surface area contributed by atoms with Gasteiger partial charge in [-0.3, -0.25) is 37.3 Å². The topological polar surface area (TPSA) is 237 Å². The summed E-state index contributed by atoms with van der Waals surface area (Å²) in [6.07, 6.45) is 97.7. The van der Waals surface area contributed by atoms with Crippen LogP contribution in [0.2, 0.25) is 0 Å². The average molecular weight is 1580 g/mol. The van der Waals surface area contributed by atoms with Crippen LogP contribution in [0.4, 0.5) is 0 Å². The minimum Gasteiger partial charge on any atom is -0.462 e. The van der Waals surface area contributed by atoms with E-state index in [1.54, 1.807) is 0 Å². The molecule has 0 aliphatic carbocycles. The zero-order chi connectivity index (χ0) is 80.3. The van der Waals surface area contributed by atoms with Crippen molar-refractivity contribution in [2.45, 2.75) is 341 Å². The number of rotatable bonds is 78. The van der Waals surface area contributed by atoms with Crippen LogP contribution >= 0.6 is 15.6 Å². The lowest BCUT2D eigenvalue weighted by atomic mass is 10.0. The van der Waals surface area contributed by atoms with Gasteiger partial charge in [0.05, 0.1) is 26.4 Å². The first-order valence-electron chi connectivity index (χ1n) is 42.4. The van der Waals surface area contributed by atoms with Crippen LogP contribution in [-0.4, -0.2) is 96.7 Å². The van der Waals surface area contributed by atoms with Gasteiger partial charge >= 0.3 is 39.5 Å². The third-order valence-electron chi connectivity index (χ3n) is 17.2. The normalized spacial score (nSPS) is 14.6. The summed E-state index contributed by atoms with van der Waals surface area (Å²) in [6.45, 7) is 4.48. The number of hydrogen-bond donors (Lipinski definition) is 3. The molecule has 5 unspecified atom stereocenters. The molecule has 110 heavy (non-hydrogen) atoms. The zero-order valence-electron chi connectivity index (χ0n) is 68.6. The molecule has 0 aromatic rings. The maximum atomic E-state index is 13.1.